The van der Waals surface area contributed by atoms with Gasteiger partial charge in [0.15, 0.2) is 0 Å². The Hall–Kier alpha value is -1.50. The third kappa shape index (κ3) is 3.76. The van der Waals surface area contributed by atoms with Crippen LogP contribution < -0.4 is 5.32 Å². The summed E-state index contributed by atoms with van der Waals surface area (Å²) in [6, 6.07) is 2.71. The van der Waals surface area contributed by atoms with Crippen molar-refractivity contribution in [1.29, 1.82) is 0 Å². The maximum absolute atomic E-state index is 13.2. The average molecular weight is 319 g/mol. The van der Waals surface area contributed by atoms with Crippen molar-refractivity contribution in [2.75, 3.05) is 5.33 Å². The van der Waals surface area contributed by atoms with Crippen LogP contribution in [0.15, 0.2) is 18.2 Å². The molecule has 18 heavy (non-hydrogen) atoms. The molecule has 0 saturated heterocycles. The van der Waals surface area contributed by atoms with Crippen LogP contribution in [0.25, 0.3) is 0 Å². The first kappa shape index (κ1) is 14.6. The molecule has 5 nitrogen and oxygen atoms in total. The van der Waals surface area contributed by atoms with Crippen LogP contribution in [-0.4, -0.2) is 22.2 Å². The molecule has 0 heterocycles. The number of nitrogens with one attached hydrogen (secondary N) is 1. The standard InChI is InChI=1S/C11H12BrFN2O3/c1-2-9(6-12)14-11(16)7-3-8(13)5-10(4-7)15(17)18/h3-5,9H,2,6H2,1H3,(H,14,16). The van der Waals surface area contributed by atoms with Crippen molar-refractivity contribution >= 4 is 27.5 Å². The molecule has 1 aromatic rings. The van der Waals surface area contributed by atoms with Crippen molar-refractivity contribution in [1.82, 2.24) is 5.32 Å². The number of benzene rings is 1. The molecule has 1 amide bonds. The largest absolute Gasteiger partial charge is 0.348 e. The number of hydrogen-bond acceptors (Lipinski definition) is 3. The molecule has 0 aliphatic rings. The Balaban J connectivity index is 2.95. The monoisotopic (exact) mass is 318 g/mol. The van der Waals surface area contributed by atoms with Crippen LogP contribution in [0.2, 0.25) is 0 Å². The van der Waals surface area contributed by atoms with Crippen LogP contribution in [0.1, 0.15) is 23.7 Å². The number of nitro groups is 1. The summed E-state index contributed by atoms with van der Waals surface area (Å²) in [6.45, 7) is 1.89. The Morgan fingerprint density at radius 3 is 2.72 bits per heavy atom. The average Bonchev–Trinajstić information content (AvgIpc) is 2.34. The highest BCUT2D eigenvalue weighted by molar-refractivity contribution is 9.09. The van der Waals surface area contributed by atoms with E-state index in [2.05, 4.69) is 21.2 Å². The SMILES string of the molecule is CCC(CBr)NC(=O)c1cc(F)cc([N+](=O)[O-])c1. The van der Waals surface area contributed by atoms with E-state index in [1.807, 2.05) is 6.92 Å². The molecule has 1 N–H and O–H groups in total. The first-order valence-electron chi connectivity index (χ1n) is 5.29. The fourth-order valence-electron chi connectivity index (χ4n) is 1.33. The lowest BCUT2D eigenvalue weighted by Crippen LogP contribution is -2.35. The van der Waals surface area contributed by atoms with Crippen LogP contribution in [-0.2, 0) is 0 Å². The van der Waals surface area contributed by atoms with Gasteiger partial charge >= 0.3 is 0 Å². The van der Waals surface area contributed by atoms with Gasteiger partial charge in [-0.1, -0.05) is 22.9 Å². The van der Waals surface area contributed by atoms with Gasteiger partial charge in [0.05, 0.1) is 11.0 Å². The molecule has 1 unspecified atom stereocenters. The Kier molecular flexibility index (Phi) is 5.21. The molecule has 0 radical (unpaired) electrons. The van der Waals surface area contributed by atoms with Gasteiger partial charge in [-0.05, 0) is 12.5 Å². The van der Waals surface area contributed by atoms with Gasteiger partial charge in [0, 0.05) is 23.0 Å². The topological polar surface area (TPSA) is 72.2 Å². The van der Waals surface area contributed by atoms with Crippen molar-refractivity contribution in [2.45, 2.75) is 19.4 Å². The first-order chi connectivity index (χ1) is 8.47. The van der Waals surface area contributed by atoms with Crippen molar-refractivity contribution in [3.8, 4) is 0 Å². The van der Waals surface area contributed by atoms with Gasteiger partial charge in [-0.15, -0.1) is 0 Å². The predicted octanol–water partition coefficient (Wildman–Crippen LogP) is 2.64. The Morgan fingerprint density at radius 2 is 2.22 bits per heavy atom. The van der Waals surface area contributed by atoms with E-state index in [9.17, 15) is 19.3 Å². The normalized spacial score (nSPS) is 11.9. The Morgan fingerprint density at radius 1 is 1.56 bits per heavy atom. The summed E-state index contributed by atoms with van der Waals surface area (Å²) >= 11 is 3.23. The zero-order valence-corrected chi connectivity index (χ0v) is 11.2. The second-order valence-electron chi connectivity index (χ2n) is 3.69. The quantitative estimate of drug-likeness (QED) is 0.515. The molecule has 7 heteroatoms. The second-order valence-corrected chi connectivity index (χ2v) is 4.34. The molecule has 0 saturated carbocycles. The van der Waals surface area contributed by atoms with Crippen molar-refractivity contribution in [2.24, 2.45) is 0 Å². The van der Waals surface area contributed by atoms with Gasteiger partial charge in [0.1, 0.15) is 5.82 Å². The number of carbonyl (C=O) groups is 1. The van der Waals surface area contributed by atoms with Crippen LogP contribution in [0.3, 0.4) is 0 Å². The summed E-state index contributed by atoms with van der Waals surface area (Å²) in [5, 5.41) is 13.8. The lowest BCUT2D eigenvalue weighted by atomic mass is 10.1. The number of non-ortho nitro benzene ring substituents is 1. The number of alkyl halides is 1. The molecule has 0 aromatic heterocycles. The van der Waals surface area contributed by atoms with Crippen LogP contribution in [0, 0.1) is 15.9 Å². The molecule has 1 atom stereocenters. The third-order valence-corrected chi connectivity index (χ3v) is 3.15. The highest BCUT2D eigenvalue weighted by atomic mass is 79.9. The minimum absolute atomic E-state index is 0.0545. The summed E-state index contributed by atoms with van der Waals surface area (Å²) < 4.78 is 13.2. The van der Waals surface area contributed by atoms with Gasteiger partial charge in [0.25, 0.3) is 11.6 Å². The summed E-state index contributed by atoms with van der Waals surface area (Å²) in [5.74, 6) is -1.33. The number of carbonyl (C=O) groups excluding carboxylic acids is 1. The Labute approximate surface area is 112 Å². The van der Waals surface area contributed by atoms with Crippen LogP contribution in [0.4, 0.5) is 10.1 Å². The van der Waals surface area contributed by atoms with Gasteiger partial charge in [-0.3, -0.25) is 14.9 Å². The summed E-state index contributed by atoms with van der Waals surface area (Å²) in [7, 11) is 0. The number of rotatable bonds is 5. The zero-order chi connectivity index (χ0) is 13.7. The predicted molar refractivity (Wildman–Crippen MR) is 68.4 cm³/mol. The summed E-state index contributed by atoms with van der Waals surface area (Å²) in [6.07, 6.45) is 0.703. The van der Waals surface area contributed by atoms with Gasteiger partial charge in [-0.25, -0.2) is 4.39 Å². The number of amides is 1. The van der Waals surface area contributed by atoms with Crippen molar-refractivity contribution < 1.29 is 14.1 Å². The Bertz CT molecular complexity index is 464. The minimum atomic E-state index is -0.804. The molecule has 1 rings (SSSR count). The number of nitrogens with zero attached hydrogens (tertiary/aromatic N) is 1. The smallest absolute Gasteiger partial charge is 0.273 e. The van der Waals surface area contributed by atoms with Crippen molar-refractivity contribution in [3.63, 3.8) is 0 Å². The van der Waals surface area contributed by atoms with E-state index in [1.165, 1.54) is 0 Å². The van der Waals surface area contributed by atoms with E-state index in [0.717, 1.165) is 18.2 Å². The molecular formula is C11H12BrFN2O3. The molecule has 98 valence electrons. The van der Waals surface area contributed by atoms with Gasteiger partial charge in [-0.2, -0.15) is 0 Å². The summed E-state index contributed by atoms with van der Waals surface area (Å²) in [5.41, 5.74) is -0.492. The molecule has 0 bridgehead atoms. The van der Waals surface area contributed by atoms with E-state index in [1.54, 1.807) is 0 Å². The summed E-state index contributed by atoms with van der Waals surface area (Å²) in [4.78, 5) is 21.6. The lowest BCUT2D eigenvalue weighted by Gasteiger charge is -2.13. The number of hydrogen-bond donors (Lipinski definition) is 1. The lowest BCUT2D eigenvalue weighted by molar-refractivity contribution is -0.385. The number of nitro benzene ring substituents is 1. The molecule has 0 spiro atoms. The fourth-order valence-corrected chi connectivity index (χ4v) is 1.95. The zero-order valence-electron chi connectivity index (χ0n) is 9.65. The second kappa shape index (κ2) is 6.44. The number of halogens is 2. The van der Waals surface area contributed by atoms with Crippen molar-refractivity contribution in [3.05, 3.63) is 39.7 Å². The molecule has 0 aliphatic carbocycles. The maximum Gasteiger partial charge on any atom is 0.273 e. The fraction of sp³-hybridized carbons (Fsp3) is 0.364. The molecule has 0 aliphatic heterocycles. The minimum Gasteiger partial charge on any atom is -0.348 e. The molecule has 1 aromatic carbocycles. The van der Waals surface area contributed by atoms with Gasteiger partial charge in [0.2, 0.25) is 0 Å². The highest BCUT2D eigenvalue weighted by Gasteiger charge is 2.16. The van der Waals surface area contributed by atoms with Crippen LogP contribution in [0.5, 0.6) is 0 Å². The third-order valence-electron chi connectivity index (χ3n) is 2.37. The van der Waals surface area contributed by atoms with E-state index in [4.69, 9.17) is 0 Å². The molecular weight excluding hydrogens is 307 g/mol. The van der Waals surface area contributed by atoms with E-state index < -0.39 is 22.3 Å². The first-order valence-corrected chi connectivity index (χ1v) is 6.41. The maximum atomic E-state index is 13.2. The highest BCUT2D eigenvalue weighted by Crippen LogP contribution is 2.16. The van der Waals surface area contributed by atoms with E-state index in [-0.39, 0.29) is 11.6 Å². The molecule has 0 fully saturated rings. The van der Waals surface area contributed by atoms with E-state index >= 15 is 0 Å². The van der Waals surface area contributed by atoms with E-state index in [0.29, 0.717) is 11.8 Å². The van der Waals surface area contributed by atoms with Crippen LogP contribution >= 0.6 is 15.9 Å². The van der Waals surface area contributed by atoms with Gasteiger partial charge < -0.3 is 5.32 Å².